The smallest absolute Gasteiger partial charge is 0.196 e. The predicted octanol–water partition coefficient (Wildman–Crippen LogP) is 4.98. The first-order valence-corrected chi connectivity index (χ1v) is 12.3. The molecule has 4 aromatic rings. The first-order chi connectivity index (χ1) is 17.2. The molecule has 0 bridgehead atoms. The molecular weight excluding hydrogens is 465 g/mol. The summed E-state index contributed by atoms with van der Waals surface area (Å²) < 4.78 is 17.3. The molecule has 0 fully saturated rings. The molecule has 0 saturated carbocycles. The molecule has 1 aliphatic rings. The minimum Gasteiger partial charge on any atom is -0.510 e. The van der Waals surface area contributed by atoms with Crippen LogP contribution in [0.2, 0.25) is 0 Å². The molecule has 8 nitrogen and oxygen atoms in total. The van der Waals surface area contributed by atoms with E-state index >= 15 is 0 Å². The van der Waals surface area contributed by atoms with Crippen LogP contribution >= 0.6 is 11.8 Å². The van der Waals surface area contributed by atoms with E-state index in [1.54, 1.807) is 12.1 Å². The second-order valence-electron chi connectivity index (χ2n) is 8.11. The van der Waals surface area contributed by atoms with Crippen molar-refractivity contribution in [1.82, 2.24) is 29.5 Å². The molecule has 5 rings (SSSR count). The maximum Gasteiger partial charge on any atom is 0.196 e. The van der Waals surface area contributed by atoms with Gasteiger partial charge < -0.3 is 9.67 Å². The molecule has 176 valence electrons. The van der Waals surface area contributed by atoms with Crippen molar-refractivity contribution < 1.29 is 9.50 Å². The van der Waals surface area contributed by atoms with E-state index in [1.807, 2.05) is 39.5 Å². The van der Waals surface area contributed by atoms with Crippen molar-refractivity contribution in [3.05, 3.63) is 77.8 Å². The fraction of sp³-hybridized carbons (Fsp3) is 0.240. The highest BCUT2D eigenvalue weighted by atomic mass is 32.2. The van der Waals surface area contributed by atoms with E-state index in [0.717, 1.165) is 43.6 Å². The van der Waals surface area contributed by atoms with Crippen molar-refractivity contribution in [1.29, 1.82) is 5.26 Å². The highest BCUT2D eigenvalue weighted by Gasteiger charge is 2.22. The van der Waals surface area contributed by atoms with Crippen LogP contribution in [-0.4, -0.2) is 40.4 Å². The highest BCUT2D eigenvalue weighted by molar-refractivity contribution is 7.99. The van der Waals surface area contributed by atoms with Crippen LogP contribution in [0.5, 0.6) is 0 Å². The topological polar surface area (TPSA) is 105 Å². The monoisotopic (exact) mass is 487 g/mol. The Balaban J connectivity index is 1.48. The standard InChI is InChI=1S/C25H22FN7OS/c26-18-10-12-19(13-11-18)33-23(17-7-3-1-4-8-17)29-31-25(33)35-16-21(34)20(15-27)24-30-28-22-9-5-2-6-14-32(22)24/h1,3-4,7-8,10-13,34H,2,5-6,9,14,16H2/b21-20-. The SMILES string of the molecule is N#C/C(=C(/O)CSc1nnc(-c2ccccc2)n1-c1ccc(F)cc1)c1nnc2n1CCCCC2. The van der Waals surface area contributed by atoms with Gasteiger partial charge in [-0.2, -0.15) is 5.26 Å². The van der Waals surface area contributed by atoms with Gasteiger partial charge in [-0.05, 0) is 37.1 Å². The molecule has 0 atom stereocenters. The summed E-state index contributed by atoms with van der Waals surface area (Å²) >= 11 is 1.23. The number of rotatable bonds is 6. The molecular formula is C25H22FN7OS. The molecule has 0 radical (unpaired) electrons. The number of aliphatic hydroxyl groups is 1. The Bertz CT molecular complexity index is 1400. The van der Waals surface area contributed by atoms with Crippen LogP contribution in [0.15, 0.2) is 65.5 Å². The van der Waals surface area contributed by atoms with Gasteiger partial charge in [0.05, 0.1) is 5.75 Å². The van der Waals surface area contributed by atoms with Crippen molar-refractivity contribution in [2.75, 3.05) is 5.75 Å². The van der Waals surface area contributed by atoms with Crippen LogP contribution in [0.25, 0.3) is 22.6 Å². The average Bonchev–Trinajstić information content (AvgIpc) is 3.41. The van der Waals surface area contributed by atoms with Gasteiger partial charge in [0.25, 0.3) is 0 Å². The largest absolute Gasteiger partial charge is 0.510 e. The number of fused-ring (bicyclic) bond motifs is 1. The number of allylic oxidation sites excluding steroid dienone is 1. The molecule has 3 heterocycles. The van der Waals surface area contributed by atoms with Gasteiger partial charge in [0, 0.05) is 24.2 Å². The van der Waals surface area contributed by atoms with Gasteiger partial charge in [-0.1, -0.05) is 48.5 Å². The summed E-state index contributed by atoms with van der Waals surface area (Å²) in [5.74, 6) is 1.46. The number of aliphatic hydroxyl groups excluding tert-OH is 1. The molecule has 0 spiro atoms. The Kier molecular flexibility index (Phi) is 6.59. The van der Waals surface area contributed by atoms with Crippen molar-refractivity contribution in [2.24, 2.45) is 0 Å². The zero-order valence-corrected chi connectivity index (χ0v) is 19.6. The predicted molar refractivity (Wildman–Crippen MR) is 130 cm³/mol. The van der Waals surface area contributed by atoms with Crippen LogP contribution in [0, 0.1) is 17.1 Å². The first-order valence-electron chi connectivity index (χ1n) is 11.3. The van der Waals surface area contributed by atoms with Crippen LogP contribution in [0.3, 0.4) is 0 Å². The lowest BCUT2D eigenvalue weighted by atomic mass is 10.2. The Morgan fingerprint density at radius 1 is 1.00 bits per heavy atom. The number of halogens is 1. The Hall–Kier alpha value is -3.97. The van der Waals surface area contributed by atoms with Crippen LogP contribution in [-0.2, 0) is 13.0 Å². The number of hydrogen-bond donors (Lipinski definition) is 1. The second kappa shape index (κ2) is 10.1. The van der Waals surface area contributed by atoms with Crippen LogP contribution < -0.4 is 0 Å². The molecule has 10 heteroatoms. The molecule has 2 aromatic carbocycles. The third-order valence-corrected chi connectivity index (χ3v) is 6.76. The van der Waals surface area contributed by atoms with Crippen molar-refractivity contribution in [3.8, 4) is 23.1 Å². The lowest BCUT2D eigenvalue weighted by Crippen LogP contribution is -2.07. The maximum absolute atomic E-state index is 13.6. The molecule has 35 heavy (non-hydrogen) atoms. The number of hydrogen-bond acceptors (Lipinski definition) is 7. The van der Waals surface area contributed by atoms with Crippen molar-refractivity contribution in [2.45, 2.75) is 37.4 Å². The van der Waals surface area contributed by atoms with Gasteiger partial charge >= 0.3 is 0 Å². The van der Waals surface area contributed by atoms with Crippen LogP contribution in [0.4, 0.5) is 4.39 Å². The van der Waals surface area contributed by atoms with Gasteiger partial charge in [0.1, 0.15) is 29.0 Å². The zero-order valence-electron chi connectivity index (χ0n) is 18.8. The van der Waals surface area contributed by atoms with Crippen molar-refractivity contribution >= 4 is 17.3 Å². The summed E-state index contributed by atoms with van der Waals surface area (Å²) in [5.41, 5.74) is 1.64. The third kappa shape index (κ3) is 4.68. The fourth-order valence-electron chi connectivity index (χ4n) is 4.08. The minimum absolute atomic E-state index is 0.0825. The Labute approximate surface area is 205 Å². The highest BCUT2D eigenvalue weighted by Crippen LogP contribution is 2.30. The number of thioether (sulfide) groups is 1. The molecule has 2 aromatic heterocycles. The zero-order chi connectivity index (χ0) is 24.2. The van der Waals surface area contributed by atoms with E-state index in [2.05, 4.69) is 26.5 Å². The maximum atomic E-state index is 13.6. The lowest BCUT2D eigenvalue weighted by Gasteiger charge is -2.11. The molecule has 1 N–H and O–H groups in total. The summed E-state index contributed by atoms with van der Waals surface area (Å²) in [6.45, 7) is 0.725. The molecule has 0 saturated heterocycles. The molecule has 0 amide bonds. The van der Waals surface area contributed by atoms with Gasteiger partial charge in [-0.3, -0.25) is 4.57 Å². The number of benzene rings is 2. The summed E-state index contributed by atoms with van der Waals surface area (Å²) in [5, 5.41) is 38.3. The molecule has 0 unspecified atom stereocenters. The summed E-state index contributed by atoms with van der Waals surface area (Å²) in [7, 11) is 0. The average molecular weight is 488 g/mol. The van der Waals surface area contributed by atoms with E-state index in [1.165, 1.54) is 23.9 Å². The third-order valence-electron chi connectivity index (χ3n) is 5.82. The van der Waals surface area contributed by atoms with E-state index in [9.17, 15) is 14.8 Å². The molecule has 0 aliphatic carbocycles. The summed E-state index contributed by atoms with van der Waals surface area (Å²) in [6.07, 6.45) is 3.92. The van der Waals surface area contributed by atoms with Gasteiger partial charge in [0.15, 0.2) is 16.8 Å². The number of aryl methyl sites for hydroxylation is 1. The summed E-state index contributed by atoms with van der Waals surface area (Å²) in [6, 6.07) is 17.7. The minimum atomic E-state index is -0.344. The van der Waals surface area contributed by atoms with Gasteiger partial charge in [-0.15, -0.1) is 20.4 Å². The fourth-order valence-corrected chi connectivity index (χ4v) is 4.91. The van der Waals surface area contributed by atoms with E-state index in [4.69, 9.17) is 0 Å². The normalized spacial score (nSPS) is 14.1. The lowest BCUT2D eigenvalue weighted by molar-refractivity contribution is 0.419. The Morgan fingerprint density at radius 3 is 2.57 bits per heavy atom. The second-order valence-corrected chi connectivity index (χ2v) is 9.05. The van der Waals surface area contributed by atoms with E-state index in [-0.39, 0.29) is 22.9 Å². The number of nitrogens with zero attached hydrogens (tertiary/aromatic N) is 7. The Morgan fingerprint density at radius 2 is 1.80 bits per heavy atom. The molecule has 1 aliphatic heterocycles. The van der Waals surface area contributed by atoms with E-state index in [0.29, 0.717) is 22.5 Å². The van der Waals surface area contributed by atoms with Crippen molar-refractivity contribution in [3.63, 3.8) is 0 Å². The summed E-state index contributed by atoms with van der Waals surface area (Å²) in [4.78, 5) is 0. The first kappa shape index (κ1) is 22.8. The van der Waals surface area contributed by atoms with Gasteiger partial charge in [0.2, 0.25) is 0 Å². The quantitative estimate of drug-likeness (QED) is 0.232. The van der Waals surface area contributed by atoms with Crippen LogP contribution in [0.1, 0.15) is 30.9 Å². The number of aromatic nitrogens is 6. The van der Waals surface area contributed by atoms with Gasteiger partial charge in [-0.25, -0.2) is 4.39 Å². The van der Waals surface area contributed by atoms with E-state index < -0.39 is 0 Å². The number of nitriles is 1.